The van der Waals surface area contributed by atoms with Gasteiger partial charge in [-0.3, -0.25) is 4.79 Å². The van der Waals surface area contributed by atoms with Crippen molar-refractivity contribution in [1.82, 2.24) is 10.0 Å². The van der Waals surface area contributed by atoms with E-state index in [2.05, 4.69) is 10.0 Å². The molecule has 7 heteroatoms. The average molecular weight is 299 g/mol. The normalized spacial score (nSPS) is 12.9. The summed E-state index contributed by atoms with van der Waals surface area (Å²) in [6, 6.07) is 9.00. The second kappa shape index (κ2) is 7.98. The van der Waals surface area contributed by atoms with Gasteiger partial charge in [-0.25, -0.2) is 13.1 Å². The Morgan fingerprint density at radius 1 is 1.25 bits per heavy atom. The standard InChI is InChI=1S/C13H21N3O3S/c1-2-20(18,19)16-9-8-15-13(17)10-12(14)11-6-4-3-5-7-11/h3-7,12,16H,2,8-10,14H2,1H3,(H,15,17). The first-order chi connectivity index (χ1) is 9.44. The minimum Gasteiger partial charge on any atom is -0.355 e. The summed E-state index contributed by atoms with van der Waals surface area (Å²) in [6.07, 6.45) is 0.171. The fraction of sp³-hybridized carbons (Fsp3) is 0.462. The van der Waals surface area contributed by atoms with Gasteiger partial charge in [-0.05, 0) is 12.5 Å². The smallest absolute Gasteiger partial charge is 0.221 e. The predicted octanol–water partition coefficient (Wildman–Crippen LogP) is 0.132. The molecular weight excluding hydrogens is 278 g/mol. The van der Waals surface area contributed by atoms with Crippen molar-refractivity contribution < 1.29 is 13.2 Å². The summed E-state index contributed by atoms with van der Waals surface area (Å²) in [5.41, 5.74) is 6.82. The summed E-state index contributed by atoms with van der Waals surface area (Å²) in [4.78, 5) is 11.7. The maximum Gasteiger partial charge on any atom is 0.221 e. The lowest BCUT2D eigenvalue weighted by atomic mass is 10.0. The van der Waals surface area contributed by atoms with Crippen LogP contribution in [0.2, 0.25) is 0 Å². The largest absolute Gasteiger partial charge is 0.355 e. The number of rotatable bonds is 8. The topological polar surface area (TPSA) is 101 Å². The third kappa shape index (κ3) is 6.14. The second-order valence-corrected chi connectivity index (χ2v) is 6.46. The average Bonchev–Trinajstić information content (AvgIpc) is 2.44. The Morgan fingerprint density at radius 2 is 1.90 bits per heavy atom. The molecule has 1 aromatic rings. The van der Waals surface area contributed by atoms with Gasteiger partial charge in [0.15, 0.2) is 0 Å². The van der Waals surface area contributed by atoms with Gasteiger partial charge in [0.1, 0.15) is 0 Å². The minimum absolute atomic E-state index is 0.0276. The monoisotopic (exact) mass is 299 g/mol. The third-order valence-corrected chi connectivity index (χ3v) is 4.19. The number of benzene rings is 1. The summed E-state index contributed by atoms with van der Waals surface area (Å²) in [5.74, 6) is -0.170. The van der Waals surface area contributed by atoms with E-state index in [-0.39, 0.29) is 37.2 Å². The van der Waals surface area contributed by atoms with Crippen molar-refractivity contribution in [2.75, 3.05) is 18.8 Å². The number of hydrogen-bond donors (Lipinski definition) is 3. The highest BCUT2D eigenvalue weighted by Gasteiger charge is 2.11. The van der Waals surface area contributed by atoms with E-state index in [0.717, 1.165) is 5.56 Å². The van der Waals surface area contributed by atoms with Gasteiger partial charge in [-0.1, -0.05) is 30.3 Å². The number of sulfonamides is 1. The van der Waals surface area contributed by atoms with Crippen LogP contribution in [0.25, 0.3) is 0 Å². The van der Waals surface area contributed by atoms with E-state index in [1.807, 2.05) is 30.3 Å². The van der Waals surface area contributed by atoms with E-state index in [0.29, 0.717) is 0 Å². The van der Waals surface area contributed by atoms with Gasteiger partial charge < -0.3 is 11.1 Å². The predicted molar refractivity (Wildman–Crippen MR) is 78.5 cm³/mol. The van der Waals surface area contributed by atoms with Crippen molar-refractivity contribution in [2.45, 2.75) is 19.4 Å². The van der Waals surface area contributed by atoms with Crippen LogP contribution in [0.4, 0.5) is 0 Å². The van der Waals surface area contributed by atoms with Crippen LogP contribution in [-0.4, -0.2) is 33.2 Å². The molecule has 0 bridgehead atoms. The highest BCUT2D eigenvalue weighted by atomic mass is 32.2. The molecule has 1 atom stereocenters. The van der Waals surface area contributed by atoms with Crippen molar-refractivity contribution in [2.24, 2.45) is 5.73 Å². The summed E-state index contributed by atoms with van der Waals surface area (Å²) in [7, 11) is -3.21. The van der Waals surface area contributed by atoms with E-state index in [9.17, 15) is 13.2 Å². The molecule has 0 heterocycles. The fourth-order valence-corrected chi connectivity index (χ4v) is 2.22. The molecule has 1 rings (SSSR count). The fourth-order valence-electron chi connectivity index (χ4n) is 1.60. The molecule has 6 nitrogen and oxygen atoms in total. The highest BCUT2D eigenvalue weighted by molar-refractivity contribution is 7.89. The minimum atomic E-state index is -3.21. The van der Waals surface area contributed by atoms with Crippen LogP contribution in [0.5, 0.6) is 0 Å². The molecule has 0 saturated carbocycles. The molecule has 1 aromatic carbocycles. The molecule has 0 saturated heterocycles. The number of carbonyl (C=O) groups is 1. The maximum absolute atomic E-state index is 11.7. The molecule has 0 aliphatic carbocycles. The summed E-state index contributed by atoms with van der Waals surface area (Å²) in [5, 5.41) is 2.63. The van der Waals surface area contributed by atoms with E-state index < -0.39 is 10.0 Å². The third-order valence-electron chi connectivity index (χ3n) is 2.78. The van der Waals surface area contributed by atoms with Crippen molar-refractivity contribution in [3.8, 4) is 0 Å². The van der Waals surface area contributed by atoms with Crippen LogP contribution in [0, 0.1) is 0 Å². The number of hydrogen-bond acceptors (Lipinski definition) is 4. The number of nitrogens with one attached hydrogen (secondary N) is 2. The molecule has 20 heavy (non-hydrogen) atoms. The van der Waals surface area contributed by atoms with Crippen molar-refractivity contribution in [3.63, 3.8) is 0 Å². The first kappa shape index (κ1) is 16.6. The summed E-state index contributed by atoms with van der Waals surface area (Å²) < 4.78 is 24.7. The lowest BCUT2D eigenvalue weighted by Gasteiger charge is -2.12. The molecule has 0 aromatic heterocycles. The van der Waals surface area contributed by atoms with Crippen molar-refractivity contribution >= 4 is 15.9 Å². The van der Waals surface area contributed by atoms with Gasteiger partial charge in [0, 0.05) is 25.6 Å². The lowest BCUT2D eigenvalue weighted by Crippen LogP contribution is -2.36. The van der Waals surface area contributed by atoms with E-state index in [1.54, 1.807) is 6.92 Å². The second-order valence-electron chi connectivity index (χ2n) is 4.37. The van der Waals surface area contributed by atoms with Gasteiger partial charge in [-0.15, -0.1) is 0 Å². The molecule has 4 N–H and O–H groups in total. The van der Waals surface area contributed by atoms with Gasteiger partial charge in [0.2, 0.25) is 15.9 Å². The molecule has 1 unspecified atom stereocenters. The van der Waals surface area contributed by atoms with E-state index in [1.165, 1.54) is 0 Å². The SMILES string of the molecule is CCS(=O)(=O)NCCNC(=O)CC(N)c1ccccc1. The lowest BCUT2D eigenvalue weighted by molar-refractivity contribution is -0.121. The van der Waals surface area contributed by atoms with Crippen molar-refractivity contribution in [3.05, 3.63) is 35.9 Å². The first-order valence-electron chi connectivity index (χ1n) is 6.49. The van der Waals surface area contributed by atoms with Crippen LogP contribution in [-0.2, 0) is 14.8 Å². The maximum atomic E-state index is 11.7. The number of carbonyl (C=O) groups excluding carboxylic acids is 1. The van der Waals surface area contributed by atoms with E-state index in [4.69, 9.17) is 5.73 Å². The van der Waals surface area contributed by atoms with Gasteiger partial charge in [-0.2, -0.15) is 0 Å². The van der Waals surface area contributed by atoms with Crippen molar-refractivity contribution in [1.29, 1.82) is 0 Å². The number of nitrogens with two attached hydrogens (primary N) is 1. The first-order valence-corrected chi connectivity index (χ1v) is 8.14. The molecule has 112 valence electrons. The quantitative estimate of drug-likeness (QED) is 0.594. The van der Waals surface area contributed by atoms with Crippen LogP contribution in [0.15, 0.2) is 30.3 Å². The van der Waals surface area contributed by atoms with Gasteiger partial charge >= 0.3 is 0 Å². The van der Waals surface area contributed by atoms with Crippen LogP contribution >= 0.6 is 0 Å². The molecule has 0 aliphatic rings. The molecule has 0 aliphatic heterocycles. The summed E-state index contributed by atoms with van der Waals surface area (Å²) in [6.45, 7) is 1.99. The van der Waals surface area contributed by atoms with Crippen LogP contribution in [0.1, 0.15) is 24.9 Å². The Kier molecular flexibility index (Phi) is 6.63. The molecule has 0 spiro atoms. The Balaban J connectivity index is 2.27. The molecule has 1 amide bonds. The zero-order valence-corrected chi connectivity index (χ0v) is 12.3. The van der Waals surface area contributed by atoms with Crippen LogP contribution in [0.3, 0.4) is 0 Å². The Labute approximate surface area is 119 Å². The Hall–Kier alpha value is -1.44. The Bertz CT molecular complexity index is 517. The zero-order chi connectivity index (χ0) is 15.0. The summed E-state index contributed by atoms with van der Waals surface area (Å²) >= 11 is 0. The molecule has 0 radical (unpaired) electrons. The zero-order valence-electron chi connectivity index (χ0n) is 11.5. The molecule has 0 fully saturated rings. The highest BCUT2D eigenvalue weighted by Crippen LogP contribution is 2.12. The molecular formula is C13H21N3O3S. The van der Waals surface area contributed by atoms with Gasteiger partial charge in [0.05, 0.1) is 5.75 Å². The van der Waals surface area contributed by atoms with E-state index >= 15 is 0 Å². The number of amides is 1. The Morgan fingerprint density at radius 3 is 2.50 bits per heavy atom. The van der Waals surface area contributed by atoms with Gasteiger partial charge in [0.25, 0.3) is 0 Å². The van der Waals surface area contributed by atoms with Crippen LogP contribution < -0.4 is 15.8 Å².